The lowest BCUT2D eigenvalue weighted by molar-refractivity contribution is 0.179. The molecule has 1 aliphatic rings. The summed E-state index contributed by atoms with van der Waals surface area (Å²) in [4.78, 5) is 22.6. The Morgan fingerprint density at radius 3 is 2.17 bits per heavy atom. The van der Waals surface area contributed by atoms with Gasteiger partial charge in [-0.3, -0.25) is 5.32 Å². The molecule has 4 aromatic rings. The number of carbonyl (C=O) groups excluding carboxylic acids is 1. The number of thiazole rings is 1. The predicted molar refractivity (Wildman–Crippen MR) is 150 cm³/mol. The van der Waals surface area contributed by atoms with E-state index in [1.54, 1.807) is 0 Å². The van der Waals surface area contributed by atoms with Crippen LogP contribution in [0.4, 0.5) is 9.93 Å². The molecule has 0 spiro atoms. The second-order valence-electron chi connectivity index (χ2n) is 9.47. The first-order valence-corrected chi connectivity index (χ1v) is 13.8. The van der Waals surface area contributed by atoms with Crippen LogP contribution >= 0.6 is 11.3 Å². The molecule has 2 amide bonds. The lowest BCUT2D eigenvalue weighted by Crippen LogP contribution is -2.43. The van der Waals surface area contributed by atoms with E-state index in [2.05, 4.69) is 75.9 Å². The van der Waals surface area contributed by atoms with Gasteiger partial charge in [0.2, 0.25) is 0 Å². The third-order valence-electron chi connectivity index (χ3n) is 7.02. The van der Waals surface area contributed by atoms with Crippen LogP contribution in [0, 0.1) is 0 Å². The number of anilines is 1. The molecule has 5 nitrogen and oxygen atoms in total. The zero-order chi connectivity index (χ0) is 24.6. The SMILES string of the molecule is O=C(Nc1nc2ccccc2s1)N(CCC(c1ccccc1)c1ccccc1)CCN1CCCCC1. The van der Waals surface area contributed by atoms with E-state index in [1.165, 1.54) is 41.7 Å². The summed E-state index contributed by atoms with van der Waals surface area (Å²) in [5, 5.41) is 3.76. The number of fused-ring (bicyclic) bond motifs is 1. The van der Waals surface area contributed by atoms with Gasteiger partial charge in [-0.15, -0.1) is 0 Å². The van der Waals surface area contributed by atoms with E-state index in [0.717, 1.165) is 36.3 Å². The van der Waals surface area contributed by atoms with Crippen LogP contribution in [0.2, 0.25) is 0 Å². The molecule has 6 heteroatoms. The maximum atomic E-state index is 13.5. The fourth-order valence-electron chi connectivity index (χ4n) is 5.04. The zero-order valence-electron chi connectivity index (χ0n) is 20.7. The van der Waals surface area contributed by atoms with Crippen LogP contribution in [0.3, 0.4) is 0 Å². The molecule has 36 heavy (non-hydrogen) atoms. The average molecular weight is 499 g/mol. The number of rotatable bonds is 9. The van der Waals surface area contributed by atoms with E-state index < -0.39 is 0 Å². The van der Waals surface area contributed by atoms with E-state index in [-0.39, 0.29) is 11.9 Å². The summed E-state index contributed by atoms with van der Waals surface area (Å²) in [6.45, 7) is 4.56. The molecule has 1 fully saturated rings. The van der Waals surface area contributed by atoms with Gasteiger partial charge >= 0.3 is 6.03 Å². The van der Waals surface area contributed by atoms with Gasteiger partial charge in [0.25, 0.3) is 0 Å². The smallest absolute Gasteiger partial charge is 0.323 e. The molecule has 186 valence electrons. The van der Waals surface area contributed by atoms with Crippen LogP contribution in [-0.4, -0.2) is 53.5 Å². The zero-order valence-corrected chi connectivity index (χ0v) is 21.5. The van der Waals surface area contributed by atoms with Crippen LogP contribution in [0.15, 0.2) is 84.9 Å². The van der Waals surface area contributed by atoms with E-state index in [0.29, 0.717) is 18.2 Å². The highest BCUT2D eigenvalue weighted by Crippen LogP contribution is 2.29. The summed E-state index contributed by atoms with van der Waals surface area (Å²) in [6.07, 6.45) is 4.68. The van der Waals surface area contributed by atoms with Gasteiger partial charge in [0, 0.05) is 25.6 Å². The Kier molecular flexibility index (Phi) is 8.26. The summed E-state index contributed by atoms with van der Waals surface area (Å²) in [7, 11) is 0. The van der Waals surface area contributed by atoms with Gasteiger partial charge in [-0.1, -0.05) is 90.6 Å². The van der Waals surface area contributed by atoms with Crippen molar-refractivity contribution in [2.75, 3.05) is 38.0 Å². The first-order chi connectivity index (χ1) is 17.8. The molecule has 0 atom stereocenters. The number of hydrogen-bond donors (Lipinski definition) is 1. The summed E-state index contributed by atoms with van der Waals surface area (Å²) >= 11 is 1.53. The van der Waals surface area contributed by atoms with Gasteiger partial charge in [0.15, 0.2) is 5.13 Å². The van der Waals surface area contributed by atoms with E-state index >= 15 is 0 Å². The molecule has 0 radical (unpaired) electrons. The maximum absolute atomic E-state index is 13.5. The second kappa shape index (κ2) is 12.2. The molecule has 3 aromatic carbocycles. The number of aromatic nitrogens is 1. The van der Waals surface area contributed by atoms with Crippen molar-refractivity contribution in [2.24, 2.45) is 0 Å². The number of likely N-dealkylation sites (tertiary alicyclic amines) is 1. The van der Waals surface area contributed by atoms with Crippen molar-refractivity contribution >= 4 is 32.7 Å². The minimum Gasteiger partial charge on any atom is -0.323 e. The monoisotopic (exact) mass is 498 g/mol. The molecule has 0 aliphatic carbocycles. The van der Waals surface area contributed by atoms with Crippen LogP contribution < -0.4 is 5.32 Å². The second-order valence-corrected chi connectivity index (χ2v) is 10.5. The average Bonchev–Trinajstić information content (AvgIpc) is 3.34. The van der Waals surface area contributed by atoms with Gasteiger partial charge < -0.3 is 9.80 Å². The fraction of sp³-hybridized carbons (Fsp3) is 0.333. The van der Waals surface area contributed by atoms with Crippen LogP contribution in [0.5, 0.6) is 0 Å². The van der Waals surface area contributed by atoms with Gasteiger partial charge in [-0.05, 0) is 55.6 Å². The van der Waals surface area contributed by atoms with Gasteiger partial charge in [0.1, 0.15) is 0 Å². The van der Waals surface area contributed by atoms with Crippen LogP contribution in [0.25, 0.3) is 10.2 Å². The van der Waals surface area contributed by atoms with Crippen molar-refractivity contribution in [3.05, 3.63) is 96.1 Å². The summed E-state index contributed by atoms with van der Waals surface area (Å²) < 4.78 is 1.08. The lowest BCUT2D eigenvalue weighted by Gasteiger charge is -2.31. The lowest BCUT2D eigenvalue weighted by atomic mass is 9.88. The molecule has 1 aliphatic heterocycles. The largest absolute Gasteiger partial charge is 0.323 e. The number of carbonyl (C=O) groups is 1. The maximum Gasteiger partial charge on any atom is 0.323 e. The third-order valence-corrected chi connectivity index (χ3v) is 7.97. The Balaban J connectivity index is 1.32. The Morgan fingerprint density at radius 1 is 0.861 bits per heavy atom. The normalized spacial score (nSPS) is 14.2. The number of benzene rings is 3. The molecule has 0 saturated carbocycles. The molecule has 1 aromatic heterocycles. The molecule has 0 unspecified atom stereocenters. The Morgan fingerprint density at radius 2 is 1.50 bits per heavy atom. The van der Waals surface area contributed by atoms with Crippen molar-refractivity contribution in [3.63, 3.8) is 0 Å². The van der Waals surface area contributed by atoms with Crippen molar-refractivity contribution in [1.29, 1.82) is 0 Å². The molecule has 0 bridgehead atoms. The number of hydrogen-bond acceptors (Lipinski definition) is 4. The molecule has 2 heterocycles. The number of para-hydroxylation sites is 1. The molecular formula is C30H34N4OS. The van der Waals surface area contributed by atoms with E-state index in [4.69, 9.17) is 0 Å². The third kappa shape index (κ3) is 6.31. The molecule has 1 saturated heterocycles. The van der Waals surface area contributed by atoms with Crippen molar-refractivity contribution in [1.82, 2.24) is 14.8 Å². The molecule has 1 N–H and O–H groups in total. The van der Waals surface area contributed by atoms with Crippen LogP contribution in [-0.2, 0) is 0 Å². The molecular weight excluding hydrogens is 464 g/mol. The first kappa shape index (κ1) is 24.5. The highest BCUT2D eigenvalue weighted by atomic mass is 32.1. The van der Waals surface area contributed by atoms with E-state index in [9.17, 15) is 4.79 Å². The molecule has 5 rings (SSSR count). The van der Waals surface area contributed by atoms with Gasteiger partial charge in [0.05, 0.1) is 10.2 Å². The summed E-state index contributed by atoms with van der Waals surface area (Å²) in [6, 6.07) is 29.2. The van der Waals surface area contributed by atoms with Crippen molar-refractivity contribution < 1.29 is 4.79 Å². The Bertz CT molecular complexity index is 1170. The number of piperidine rings is 1. The van der Waals surface area contributed by atoms with Crippen molar-refractivity contribution in [3.8, 4) is 0 Å². The minimum atomic E-state index is -0.0639. The number of amides is 2. The topological polar surface area (TPSA) is 48.5 Å². The highest BCUT2D eigenvalue weighted by molar-refractivity contribution is 7.22. The van der Waals surface area contributed by atoms with E-state index in [1.807, 2.05) is 29.2 Å². The Hall–Kier alpha value is -3.22. The highest BCUT2D eigenvalue weighted by Gasteiger charge is 2.21. The number of urea groups is 1. The van der Waals surface area contributed by atoms with Gasteiger partial charge in [-0.25, -0.2) is 9.78 Å². The first-order valence-electron chi connectivity index (χ1n) is 13.0. The number of nitrogens with one attached hydrogen (secondary N) is 1. The Labute approximate surface area is 217 Å². The summed E-state index contributed by atoms with van der Waals surface area (Å²) in [5.41, 5.74) is 3.49. The quantitative estimate of drug-likeness (QED) is 0.275. The van der Waals surface area contributed by atoms with Crippen LogP contribution in [0.1, 0.15) is 42.7 Å². The fourth-order valence-corrected chi connectivity index (χ4v) is 5.89. The predicted octanol–water partition coefficient (Wildman–Crippen LogP) is 6.84. The summed E-state index contributed by atoms with van der Waals surface area (Å²) in [5.74, 6) is 0.236. The standard InChI is InChI=1S/C30H34N4OS/c35-30(32-29-31-27-16-8-9-17-28(27)36-29)34(23-22-33-19-10-3-11-20-33)21-18-26(24-12-4-1-5-13-24)25-14-6-2-7-15-25/h1-2,4-9,12-17,26H,3,10-11,18-23H2,(H,31,32,35). The van der Waals surface area contributed by atoms with Gasteiger partial charge in [-0.2, -0.15) is 0 Å². The minimum absolute atomic E-state index is 0.0639. The number of nitrogens with zero attached hydrogens (tertiary/aromatic N) is 3. The van der Waals surface area contributed by atoms with Crippen molar-refractivity contribution in [2.45, 2.75) is 31.6 Å².